The molecule has 6 heteroatoms. The molecule has 0 saturated heterocycles. The lowest BCUT2D eigenvalue weighted by molar-refractivity contribution is -0.130. The Hall–Kier alpha value is -2.34. The highest BCUT2D eigenvalue weighted by atomic mass is 16.7. The molecule has 0 saturated carbocycles. The second-order valence-electron chi connectivity index (χ2n) is 6.81. The van der Waals surface area contributed by atoms with Crippen molar-refractivity contribution in [2.45, 2.75) is 38.7 Å². The quantitative estimate of drug-likeness (QED) is 0.911. The number of carbonyl (C=O) groups excluding carboxylic acids is 1. The molecule has 1 aromatic heterocycles. The molecule has 1 N–H and O–H groups in total. The topological polar surface area (TPSA) is 81.8 Å². The second kappa shape index (κ2) is 5.08. The van der Waals surface area contributed by atoms with Crippen LogP contribution in [0.1, 0.15) is 42.3 Å². The van der Waals surface area contributed by atoms with Crippen molar-refractivity contribution in [1.82, 2.24) is 5.16 Å². The summed E-state index contributed by atoms with van der Waals surface area (Å²) in [6, 6.07) is 5.62. The van der Waals surface area contributed by atoms with E-state index in [0.717, 1.165) is 11.1 Å². The molecule has 0 unspecified atom stereocenters. The van der Waals surface area contributed by atoms with Crippen molar-refractivity contribution in [1.29, 1.82) is 0 Å². The second-order valence-corrected chi connectivity index (χ2v) is 6.81. The normalized spacial score (nSPS) is 27.8. The van der Waals surface area contributed by atoms with E-state index in [1.807, 2.05) is 25.1 Å². The van der Waals surface area contributed by atoms with Crippen LogP contribution in [-0.2, 0) is 11.2 Å². The lowest BCUT2D eigenvalue weighted by atomic mass is 9.64. The minimum Gasteiger partial charge on any atom is -0.454 e. The number of benzene rings is 1. The third kappa shape index (κ3) is 2.13. The third-order valence-corrected chi connectivity index (χ3v) is 5.02. The molecular weight excluding hydrogens is 310 g/mol. The van der Waals surface area contributed by atoms with Crippen molar-refractivity contribution in [2.24, 2.45) is 5.92 Å². The van der Waals surface area contributed by atoms with E-state index in [9.17, 15) is 9.90 Å². The maximum Gasteiger partial charge on any atom is 0.231 e. The van der Waals surface area contributed by atoms with E-state index >= 15 is 0 Å². The van der Waals surface area contributed by atoms with Crippen LogP contribution < -0.4 is 9.47 Å². The van der Waals surface area contributed by atoms with Gasteiger partial charge in [-0.3, -0.25) is 4.79 Å². The molecular formula is C18H19NO5. The summed E-state index contributed by atoms with van der Waals surface area (Å²) in [5, 5.41) is 15.0. The zero-order valence-corrected chi connectivity index (χ0v) is 13.8. The summed E-state index contributed by atoms with van der Waals surface area (Å²) in [7, 11) is 0. The predicted octanol–water partition coefficient (Wildman–Crippen LogP) is 2.36. The Morgan fingerprint density at radius 1 is 1.33 bits per heavy atom. The van der Waals surface area contributed by atoms with Crippen molar-refractivity contribution in [3.63, 3.8) is 0 Å². The van der Waals surface area contributed by atoms with Gasteiger partial charge in [-0.15, -0.1) is 0 Å². The molecule has 2 aromatic rings. The van der Waals surface area contributed by atoms with Crippen LogP contribution in [0.25, 0.3) is 0 Å². The van der Waals surface area contributed by atoms with E-state index in [2.05, 4.69) is 5.16 Å². The van der Waals surface area contributed by atoms with Crippen LogP contribution in [0.3, 0.4) is 0 Å². The summed E-state index contributed by atoms with van der Waals surface area (Å²) < 4.78 is 16.2. The molecule has 1 aromatic carbocycles. The van der Waals surface area contributed by atoms with Crippen LogP contribution in [0.2, 0.25) is 0 Å². The van der Waals surface area contributed by atoms with Gasteiger partial charge in [0, 0.05) is 17.9 Å². The number of ether oxygens (including phenoxy) is 2. The average molecular weight is 329 g/mol. The van der Waals surface area contributed by atoms with E-state index in [1.54, 1.807) is 6.92 Å². The molecule has 3 atom stereocenters. The molecule has 0 radical (unpaired) electrons. The summed E-state index contributed by atoms with van der Waals surface area (Å²) in [6.07, 6.45) is 0.297. The van der Waals surface area contributed by atoms with Crippen molar-refractivity contribution in [3.8, 4) is 11.5 Å². The molecule has 0 bridgehead atoms. The largest absolute Gasteiger partial charge is 0.454 e. The SMILES string of the molecule is CC(=O)[C@@H]1[C@H](c2ccc3c(c2)OCO3)c2c(noc2C)C[C@@]1(C)O. The number of nitrogens with zero attached hydrogens (tertiary/aromatic N) is 1. The summed E-state index contributed by atoms with van der Waals surface area (Å²) in [5.41, 5.74) is 1.29. The number of ketones is 1. The molecule has 1 aliphatic carbocycles. The molecule has 24 heavy (non-hydrogen) atoms. The monoisotopic (exact) mass is 329 g/mol. The summed E-state index contributed by atoms with van der Waals surface area (Å²) in [5.74, 6) is 1.03. The highest BCUT2D eigenvalue weighted by Crippen LogP contribution is 2.48. The van der Waals surface area contributed by atoms with E-state index < -0.39 is 11.5 Å². The van der Waals surface area contributed by atoms with Crippen molar-refractivity contribution in [2.75, 3.05) is 6.79 Å². The van der Waals surface area contributed by atoms with Crippen LogP contribution >= 0.6 is 0 Å². The summed E-state index contributed by atoms with van der Waals surface area (Å²) in [4.78, 5) is 12.4. The number of hydrogen-bond acceptors (Lipinski definition) is 6. The number of hydrogen-bond donors (Lipinski definition) is 1. The minimum atomic E-state index is -1.19. The first kappa shape index (κ1) is 15.2. The van der Waals surface area contributed by atoms with Gasteiger partial charge in [0.2, 0.25) is 6.79 Å². The van der Waals surface area contributed by atoms with Gasteiger partial charge in [0.1, 0.15) is 11.5 Å². The molecule has 0 fully saturated rings. The van der Waals surface area contributed by atoms with Crippen LogP contribution in [0.15, 0.2) is 22.7 Å². The highest BCUT2D eigenvalue weighted by Gasteiger charge is 2.49. The van der Waals surface area contributed by atoms with Crippen molar-refractivity contribution >= 4 is 5.78 Å². The first-order chi connectivity index (χ1) is 11.4. The fourth-order valence-electron chi connectivity index (χ4n) is 4.06. The molecule has 6 nitrogen and oxygen atoms in total. The highest BCUT2D eigenvalue weighted by molar-refractivity contribution is 5.82. The van der Waals surface area contributed by atoms with Gasteiger partial charge in [0.05, 0.1) is 17.2 Å². The number of aryl methyl sites for hydroxylation is 1. The molecule has 2 heterocycles. The molecule has 1 aliphatic heterocycles. The van der Waals surface area contributed by atoms with Gasteiger partial charge >= 0.3 is 0 Å². The predicted molar refractivity (Wildman–Crippen MR) is 84.1 cm³/mol. The standard InChI is InChI=1S/C18H19NO5/c1-9(20)17-16(11-4-5-13-14(6-11)23-8-22-13)15-10(2)24-19-12(15)7-18(17,3)21/h4-6,16-17,21H,7-8H2,1-3H3/t16-,17-,18-/m1/s1. The van der Waals surface area contributed by atoms with Crippen LogP contribution in [0.4, 0.5) is 0 Å². The van der Waals surface area contributed by atoms with Gasteiger partial charge in [-0.05, 0) is 38.5 Å². The van der Waals surface area contributed by atoms with Gasteiger partial charge in [-0.2, -0.15) is 0 Å². The van der Waals surface area contributed by atoms with E-state index in [-0.39, 0.29) is 18.5 Å². The Labute approximate surface area is 139 Å². The van der Waals surface area contributed by atoms with Gasteiger partial charge < -0.3 is 19.1 Å². The van der Waals surface area contributed by atoms with Gasteiger partial charge in [-0.25, -0.2) is 0 Å². The first-order valence-electron chi connectivity index (χ1n) is 7.96. The van der Waals surface area contributed by atoms with Gasteiger partial charge in [0.15, 0.2) is 11.5 Å². The van der Waals surface area contributed by atoms with Gasteiger partial charge in [0.25, 0.3) is 0 Å². The lowest BCUT2D eigenvalue weighted by Crippen LogP contribution is -2.48. The Balaban J connectivity index is 1.92. The fraction of sp³-hybridized carbons (Fsp3) is 0.444. The van der Waals surface area contributed by atoms with Crippen molar-refractivity contribution in [3.05, 3.63) is 40.8 Å². The number of rotatable bonds is 2. The van der Waals surface area contributed by atoms with E-state index in [4.69, 9.17) is 14.0 Å². The van der Waals surface area contributed by atoms with E-state index in [1.165, 1.54) is 6.92 Å². The maximum absolute atomic E-state index is 12.4. The molecule has 0 amide bonds. The Bertz CT molecular complexity index is 823. The van der Waals surface area contributed by atoms with Crippen molar-refractivity contribution < 1.29 is 23.9 Å². The number of fused-ring (bicyclic) bond motifs is 2. The summed E-state index contributed by atoms with van der Waals surface area (Å²) >= 11 is 0. The van der Waals surface area contributed by atoms with Gasteiger partial charge in [-0.1, -0.05) is 11.2 Å². The molecule has 0 spiro atoms. The zero-order valence-electron chi connectivity index (χ0n) is 13.8. The molecule has 2 aliphatic rings. The summed E-state index contributed by atoms with van der Waals surface area (Å²) in [6.45, 7) is 5.23. The minimum absolute atomic E-state index is 0.0612. The smallest absolute Gasteiger partial charge is 0.231 e. The zero-order chi connectivity index (χ0) is 17.1. The van der Waals surface area contributed by atoms with Crippen LogP contribution in [0, 0.1) is 12.8 Å². The third-order valence-electron chi connectivity index (χ3n) is 5.02. The number of carbonyl (C=O) groups is 1. The Morgan fingerprint density at radius 2 is 2.08 bits per heavy atom. The number of aliphatic hydroxyl groups is 1. The number of Topliss-reactive ketones (excluding diaryl/α,β-unsaturated/α-hetero) is 1. The molecule has 4 rings (SSSR count). The fourth-order valence-corrected chi connectivity index (χ4v) is 4.06. The lowest BCUT2D eigenvalue weighted by Gasteiger charge is -2.40. The number of aromatic nitrogens is 1. The maximum atomic E-state index is 12.4. The first-order valence-corrected chi connectivity index (χ1v) is 7.96. The van der Waals surface area contributed by atoms with Crippen LogP contribution in [-0.4, -0.2) is 28.4 Å². The van der Waals surface area contributed by atoms with Crippen LogP contribution in [0.5, 0.6) is 11.5 Å². The average Bonchev–Trinajstić information content (AvgIpc) is 3.10. The Morgan fingerprint density at radius 3 is 2.83 bits per heavy atom. The molecule has 126 valence electrons. The van der Waals surface area contributed by atoms with E-state index in [0.29, 0.717) is 29.4 Å². The Kier molecular flexibility index (Phi) is 3.22.